The van der Waals surface area contributed by atoms with E-state index in [0.29, 0.717) is 30.8 Å². The smallest absolute Gasteiger partial charge is 0.255 e. The second-order valence-electron chi connectivity index (χ2n) is 9.43. The number of hydrogen-bond acceptors (Lipinski definition) is 5. The second-order valence-corrected chi connectivity index (χ2v) is 9.43. The minimum absolute atomic E-state index is 0.00851. The van der Waals surface area contributed by atoms with Crippen molar-refractivity contribution in [1.82, 2.24) is 15.5 Å². The molecule has 2 fully saturated rings. The Morgan fingerprint density at radius 2 is 1.94 bits per heavy atom. The van der Waals surface area contributed by atoms with Crippen LogP contribution in [0.5, 0.6) is 5.75 Å². The quantitative estimate of drug-likeness (QED) is 0.496. The Balaban J connectivity index is 1.25. The lowest BCUT2D eigenvalue weighted by molar-refractivity contribution is -0.136. The average molecular weight is 473 g/mol. The largest absolute Gasteiger partial charge is 0.489 e. The van der Waals surface area contributed by atoms with E-state index in [-0.39, 0.29) is 30.4 Å². The molecule has 2 aromatic rings. The second kappa shape index (κ2) is 9.88. The predicted octanol–water partition coefficient (Wildman–Crippen LogP) is 3.48. The molecule has 1 saturated carbocycles. The number of carbonyl (C=O) groups excluding carboxylic acids is 3. The van der Waals surface area contributed by atoms with E-state index in [1.54, 1.807) is 11.0 Å². The zero-order chi connectivity index (χ0) is 24.4. The van der Waals surface area contributed by atoms with Crippen LogP contribution in [0.4, 0.5) is 5.69 Å². The Morgan fingerprint density at radius 3 is 2.77 bits per heavy atom. The van der Waals surface area contributed by atoms with Gasteiger partial charge in [0, 0.05) is 31.1 Å². The highest BCUT2D eigenvalue weighted by atomic mass is 16.5. The molecule has 35 heavy (non-hydrogen) atoms. The maximum Gasteiger partial charge on any atom is 0.255 e. The van der Waals surface area contributed by atoms with Crippen LogP contribution in [0.1, 0.15) is 60.0 Å². The van der Waals surface area contributed by atoms with Gasteiger partial charge in [0.25, 0.3) is 5.91 Å². The molecule has 1 saturated heterocycles. The molecule has 2 aliphatic heterocycles. The van der Waals surface area contributed by atoms with Gasteiger partial charge < -0.3 is 15.0 Å². The van der Waals surface area contributed by atoms with E-state index in [1.165, 1.54) is 0 Å². The van der Waals surface area contributed by atoms with Gasteiger partial charge in [0.05, 0.1) is 6.57 Å². The number of imide groups is 1. The first kappa shape index (κ1) is 23.1. The van der Waals surface area contributed by atoms with Gasteiger partial charge in [-0.1, -0.05) is 30.7 Å². The van der Waals surface area contributed by atoms with Crippen LogP contribution in [-0.4, -0.2) is 40.8 Å². The van der Waals surface area contributed by atoms with Crippen molar-refractivity contribution in [3.8, 4) is 5.75 Å². The van der Waals surface area contributed by atoms with Crippen LogP contribution < -0.4 is 15.4 Å². The number of piperidine rings is 1. The van der Waals surface area contributed by atoms with Crippen molar-refractivity contribution >= 4 is 23.4 Å². The van der Waals surface area contributed by atoms with Gasteiger partial charge in [0.2, 0.25) is 11.8 Å². The number of carbonyl (C=O) groups is 3. The number of fused-ring (bicyclic) bond motifs is 1. The van der Waals surface area contributed by atoms with E-state index in [9.17, 15) is 14.4 Å². The molecule has 8 nitrogen and oxygen atoms in total. The number of rotatable bonds is 6. The third-order valence-electron chi connectivity index (χ3n) is 7.09. The number of hydrogen-bond donors (Lipinski definition) is 2. The number of benzene rings is 2. The zero-order valence-corrected chi connectivity index (χ0v) is 19.5. The maximum atomic E-state index is 12.9. The fourth-order valence-corrected chi connectivity index (χ4v) is 5.26. The number of nitrogens with zero attached hydrogens (tertiary/aromatic N) is 2. The Hall–Kier alpha value is -3.70. The van der Waals surface area contributed by atoms with Crippen LogP contribution in [0.3, 0.4) is 0 Å². The molecule has 0 bridgehead atoms. The summed E-state index contributed by atoms with van der Waals surface area (Å²) in [5, 5.41) is 5.95. The maximum absolute atomic E-state index is 12.9. The Bertz CT molecular complexity index is 1200. The topological polar surface area (TPSA) is 92.1 Å². The summed E-state index contributed by atoms with van der Waals surface area (Å²) in [5.41, 5.74) is 3.14. The van der Waals surface area contributed by atoms with Crippen molar-refractivity contribution in [2.24, 2.45) is 0 Å². The summed E-state index contributed by atoms with van der Waals surface area (Å²) in [5.74, 6) is -0.159. The highest BCUT2D eigenvalue weighted by molar-refractivity contribution is 6.05. The van der Waals surface area contributed by atoms with E-state index >= 15 is 0 Å². The Morgan fingerprint density at radius 1 is 1.09 bits per heavy atom. The third kappa shape index (κ3) is 4.91. The molecular formula is C27H28N4O4. The van der Waals surface area contributed by atoms with Gasteiger partial charge in [-0.25, -0.2) is 4.85 Å². The molecule has 3 atom stereocenters. The van der Waals surface area contributed by atoms with E-state index in [4.69, 9.17) is 11.3 Å². The standard InChI is InChI=1S/C27H28N4O4/c1-28-19-6-4-5-17(13-19)15-29-22-7-2-3-8-24(22)35-20-9-10-21-18(14-20)16-31(27(21)34)23-11-12-25(32)30-26(23)33/h4-6,9-10,13-14,22-24,29H,2-3,7-8,11-12,15-16H2,(H,30,32,33). The summed E-state index contributed by atoms with van der Waals surface area (Å²) in [7, 11) is 0. The van der Waals surface area contributed by atoms with Crippen molar-refractivity contribution in [2.45, 2.75) is 69.8 Å². The lowest BCUT2D eigenvalue weighted by atomic mass is 9.92. The van der Waals surface area contributed by atoms with Crippen molar-refractivity contribution in [1.29, 1.82) is 0 Å². The zero-order valence-electron chi connectivity index (χ0n) is 19.5. The predicted molar refractivity (Wildman–Crippen MR) is 129 cm³/mol. The van der Waals surface area contributed by atoms with E-state index in [2.05, 4.69) is 15.5 Å². The third-order valence-corrected chi connectivity index (χ3v) is 7.09. The number of amides is 3. The fourth-order valence-electron chi connectivity index (χ4n) is 5.26. The molecule has 2 N–H and O–H groups in total. The summed E-state index contributed by atoms with van der Waals surface area (Å²) in [4.78, 5) is 41.8. The van der Waals surface area contributed by atoms with Crippen LogP contribution in [0, 0.1) is 6.57 Å². The lowest BCUT2D eigenvalue weighted by Gasteiger charge is -2.33. The summed E-state index contributed by atoms with van der Waals surface area (Å²) in [6, 6.07) is 12.7. The normalized spacial score (nSPS) is 24.0. The van der Waals surface area contributed by atoms with Gasteiger partial charge in [0.1, 0.15) is 17.9 Å². The molecule has 8 heteroatoms. The van der Waals surface area contributed by atoms with Crippen LogP contribution in [0.2, 0.25) is 0 Å². The Labute approximate surface area is 204 Å². The average Bonchev–Trinajstić information content (AvgIpc) is 3.19. The molecule has 0 aromatic heterocycles. The monoisotopic (exact) mass is 472 g/mol. The summed E-state index contributed by atoms with van der Waals surface area (Å²) >= 11 is 0. The first-order valence-corrected chi connectivity index (χ1v) is 12.2. The van der Waals surface area contributed by atoms with Gasteiger partial charge in [-0.05, 0) is 55.0 Å². The molecular weight excluding hydrogens is 444 g/mol. The van der Waals surface area contributed by atoms with Gasteiger partial charge >= 0.3 is 0 Å². The molecule has 2 aromatic carbocycles. The SMILES string of the molecule is [C-]#[N+]c1cccc(CNC2CCCCC2Oc2ccc3c(c2)CN(C2CCC(=O)NC2=O)C3=O)c1. The summed E-state index contributed by atoms with van der Waals surface area (Å²) in [6.07, 6.45) is 4.79. The minimum Gasteiger partial charge on any atom is -0.489 e. The molecule has 5 rings (SSSR count). The first-order chi connectivity index (χ1) is 17.0. The Kier molecular flexibility index (Phi) is 6.51. The molecule has 1 aliphatic carbocycles. The van der Waals surface area contributed by atoms with Crippen LogP contribution in [0.15, 0.2) is 42.5 Å². The lowest BCUT2D eigenvalue weighted by Crippen LogP contribution is -2.52. The molecule has 180 valence electrons. The highest BCUT2D eigenvalue weighted by Crippen LogP contribution is 2.32. The summed E-state index contributed by atoms with van der Waals surface area (Å²) in [6.45, 7) is 8.22. The highest BCUT2D eigenvalue weighted by Gasteiger charge is 2.39. The minimum atomic E-state index is -0.620. The van der Waals surface area contributed by atoms with Gasteiger partial charge in [-0.2, -0.15) is 0 Å². The molecule has 3 amide bonds. The first-order valence-electron chi connectivity index (χ1n) is 12.2. The fraction of sp³-hybridized carbons (Fsp3) is 0.407. The summed E-state index contributed by atoms with van der Waals surface area (Å²) < 4.78 is 6.41. The molecule has 0 radical (unpaired) electrons. The van der Waals surface area contributed by atoms with E-state index in [1.807, 2.05) is 36.4 Å². The number of nitrogens with one attached hydrogen (secondary N) is 2. The number of ether oxygens (including phenoxy) is 1. The van der Waals surface area contributed by atoms with Gasteiger partial charge in [-0.15, -0.1) is 0 Å². The van der Waals surface area contributed by atoms with Crippen LogP contribution >= 0.6 is 0 Å². The van der Waals surface area contributed by atoms with Crippen molar-refractivity contribution < 1.29 is 19.1 Å². The van der Waals surface area contributed by atoms with Gasteiger partial charge in [-0.3, -0.25) is 19.7 Å². The molecule has 2 heterocycles. The van der Waals surface area contributed by atoms with E-state index < -0.39 is 11.9 Å². The van der Waals surface area contributed by atoms with Gasteiger partial charge in [0.15, 0.2) is 5.69 Å². The van der Waals surface area contributed by atoms with Crippen molar-refractivity contribution in [3.05, 3.63) is 70.6 Å². The van der Waals surface area contributed by atoms with Crippen molar-refractivity contribution in [2.75, 3.05) is 0 Å². The van der Waals surface area contributed by atoms with E-state index in [0.717, 1.165) is 42.6 Å². The molecule has 3 unspecified atom stereocenters. The molecule has 3 aliphatic rings. The van der Waals surface area contributed by atoms with Crippen LogP contribution in [-0.2, 0) is 22.7 Å². The van der Waals surface area contributed by atoms with Crippen LogP contribution in [0.25, 0.3) is 4.85 Å². The molecule has 0 spiro atoms. The van der Waals surface area contributed by atoms with Crippen molar-refractivity contribution in [3.63, 3.8) is 0 Å².